The van der Waals surface area contributed by atoms with Gasteiger partial charge in [-0.15, -0.1) is 10.2 Å². The number of para-hydroxylation sites is 1. The van der Waals surface area contributed by atoms with E-state index in [0.717, 1.165) is 69.4 Å². The van der Waals surface area contributed by atoms with Crippen LogP contribution in [0, 0.1) is 11.8 Å². The summed E-state index contributed by atoms with van der Waals surface area (Å²) < 4.78 is 5.81. The van der Waals surface area contributed by atoms with Crippen molar-refractivity contribution in [2.24, 2.45) is 11.8 Å². The van der Waals surface area contributed by atoms with Crippen LogP contribution in [0.15, 0.2) is 40.9 Å². The standard InChI is InChI=1S/C43H64N10O4/c1-30(2)41(43(56)53-21-14-34(54)29-53)39-27-40(47-57-39)52-17-8-31(9-18-52)28-48-15-10-32(11-16-48)49-19-12-33(13-20-49)50-22-24-51(25-23-50)37-26-36(45-46-42(37)44-3)35-6-4-5-7-38(35)55/h4-7,26-27,30-34,41,54-55H,8-25,28-29H2,1-3H3,(H,44,46). The van der Waals surface area contributed by atoms with Crippen LogP contribution in [0.2, 0.25) is 0 Å². The lowest BCUT2D eigenvalue weighted by atomic mass is 9.91. The number of likely N-dealkylation sites (tertiary alicyclic amines) is 3. The number of carbonyl (C=O) groups excluding carboxylic acids is 1. The number of hydrogen-bond donors (Lipinski definition) is 3. The number of piperazine rings is 1. The molecule has 5 aliphatic heterocycles. The Morgan fingerprint density at radius 3 is 2.16 bits per heavy atom. The first-order chi connectivity index (χ1) is 27.7. The van der Waals surface area contributed by atoms with Gasteiger partial charge in [-0.3, -0.25) is 9.69 Å². The van der Waals surface area contributed by atoms with Crippen molar-refractivity contribution in [1.29, 1.82) is 0 Å². The number of β-amino-alcohol motifs (C(OH)–C–C–N with tert-alkyl or cyclic N) is 1. The molecule has 1 aromatic carbocycles. The van der Waals surface area contributed by atoms with Crippen LogP contribution in [-0.2, 0) is 4.79 Å². The molecule has 0 bridgehead atoms. The topological polar surface area (TPSA) is 141 Å². The first-order valence-corrected chi connectivity index (χ1v) is 21.7. The molecule has 57 heavy (non-hydrogen) atoms. The predicted octanol–water partition coefficient (Wildman–Crippen LogP) is 4.18. The summed E-state index contributed by atoms with van der Waals surface area (Å²) in [7, 11) is 1.89. The number of amides is 1. The minimum Gasteiger partial charge on any atom is -0.507 e. The number of carbonyl (C=O) groups is 1. The quantitative estimate of drug-likeness (QED) is 0.257. The number of aromatic nitrogens is 3. The summed E-state index contributed by atoms with van der Waals surface area (Å²) in [6.45, 7) is 17.0. The molecule has 2 unspecified atom stereocenters. The normalized spacial score (nSPS) is 23.5. The Hall–Kier alpha value is -3.98. The Morgan fingerprint density at radius 1 is 0.825 bits per heavy atom. The number of aliphatic hydroxyl groups is 1. The first kappa shape index (κ1) is 39.8. The number of piperidine rings is 3. The van der Waals surface area contributed by atoms with Crippen LogP contribution in [0.3, 0.4) is 0 Å². The zero-order chi connectivity index (χ0) is 39.5. The highest BCUT2D eigenvalue weighted by atomic mass is 16.5. The average Bonchev–Trinajstić information content (AvgIpc) is 3.91. The van der Waals surface area contributed by atoms with E-state index in [4.69, 9.17) is 4.52 Å². The van der Waals surface area contributed by atoms with Gasteiger partial charge in [0.15, 0.2) is 17.4 Å². The molecule has 2 aromatic heterocycles. The van der Waals surface area contributed by atoms with E-state index in [9.17, 15) is 15.0 Å². The lowest BCUT2D eigenvalue weighted by Crippen LogP contribution is -2.55. The van der Waals surface area contributed by atoms with Crippen molar-refractivity contribution in [2.45, 2.75) is 82.9 Å². The molecule has 8 rings (SSSR count). The molecule has 0 radical (unpaired) electrons. The van der Waals surface area contributed by atoms with Gasteiger partial charge in [-0.25, -0.2) is 0 Å². The van der Waals surface area contributed by atoms with Crippen molar-refractivity contribution in [3.05, 3.63) is 42.2 Å². The highest BCUT2D eigenvalue weighted by Crippen LogP contribution is 2.35. The molecule has 0 spiro atoms. The first-order valence-electron chi connectivity index (χ1n) is 21.7. The molecular weight excluding hydrogens is 721 g/mol. The van der Waals surface area contributed by atoms with Crippen LogP contribution in [0.1, 0.15) is 70.5 Å². The van der Waals surface area contributed by atoms with Gasteiger partial charge in [0.05, 0.1) is 17.5 Å². The third kappa shape index (κ3) is 9.04. The van der Waals surface area contributed by atoms with Crippen LogP contribution in [0.5, 0.6) is 5.75 Å². The van der Waals surface area contributed by atoms with Crippen molar-refractivity contribution in [3.8, 4) is 17.0 Å². The molecule has 310 valence electrons. The van der Waals surface area contributed by atoms with Gasteiger partial charge in [0.2, 0.25) is 5.91 Å². The lowest BCUT2D eigenvalue weighted by Gasteiger charge is -2.46. The van der Waals surface area contributed by atoms with Gasteiger partial charge in [-0.05, 0) is 101 Å². The number of phenols is 1. The van der Waals surface area contributed by atoms with Crippen molar-refractivity contribution < 1.29 is 19.5 Å². The molecule has 14 nitrogen and oxygen atoms in total. The predicted molar refractivity (Wildman–Crippen MR) is 223 cm³/mol. The zero-order valence-electron chi connectivity index (χ0n) is 34.3. The molecule has 5 fully saturated rings. The Balaban J connectivity index is 0.745. The van der Waals surface area contributed by atoms with E-state index in [-0.39, 0.29) is 23.5 Å². The molecule has 0 saturated carbocycles. The van der Waals surface area contributed by atoms with Gasteiger partial charge in [-0.2, -0.15) is 0 Å². The monoisotopic (exact) mass is 785 g/mol. The molecule has 5 aliphatic rings. The van der Waals surface area contributed by atoms with Gasteiger partial charge in [0.1, 0.15) is 11.7 Å². The van der Waals surface area contributed by atoms with Crippen LogP contribution in [0.25, 0.3) is 11.3 Å². The van der Waals surface area contributed by atoms with E-state index in [1.54, 1.807) is 11.0 Å². The maximum atomic E-state index is 13.3. The summed E-state index contributed by atoms with van der Waals surface area (Å²) in [5.74, 6) is 2.93. The molecule has 7 heterocycles. The second kappa shape index (κ2) is 17.9. The zero-order valence-corrected chi connectivity index (χ0v) is 34.3. The maximum absolute atomic E-state index is 13.3. The number of rotatable bonds is 11. The average molecular weight is 785 g/mol. The summed E-state index contributed by atoms with van der Waals surface area (Å²) in [6, 6.07) is 12.7. The van der Waals surface area contributed by atoms with Crippen LogP contribution in [0.4, 0.5) is 17.3 Å². The fourth-order valence-corrected chi connectivity index (χ4v) is 10.2. The lowest BCUT2D eigenvalue weighted by molar-refractivity contribution is -0.133. The van der Waals surface area contributed by atoms with E-state index < -0.39 is 6.10 Å². The minimum atomic E-state index is -0.428. The van der Waals surface area contributed by atoms with E-state index in [1.807, 2.05) is 31.3 Å². The molecule has 0 aliphatic carbocycles. The fraction of sp³-hybridized carbons (Fsp3) is 0.674. The van der Waals surface area contributed by atoms with Crippen LogP contribution in [-0.4, -0.2) is 161 Å². The van der Waals surface area contributed by atoms with E-state index >= 15 is 0 Å². The Labute approximate surface area is 338 Å². The minimum absolute atomic E-state index is 0.0349. The second-order valence-corrected chi connectivity index (χ2v) is 17.5. The number of nitrogens with one attached hydrogen (secondary N) is 1. The van der Waals surface area contributed by atoms with Gasteiger partial charge in [0.25, 0.3) is 0 Å². The number of anilines is 3. The molecular formula is C43H64N10O4. The number of aliphatic hydroxyl groups excluding tert-OH is 1. The van der Waals surface area contributed by atoms with Crippen LogP contribution < -0.4 is 15.1 Å². The van der Waals surface area contributed by atoms with Crippen molar-refractivity contribution in [3.63, 3.8) is 0 Å². The summed E-state index contributed by atoms with van der Waals surface area (Å²) in [4.78, 5) is 28.1. The summed E-state index contributed by atoms with van der Waals surface area (Å²) >= 11 is 0. The molecule has 1 amide bonds. The fourth-order valence-electron chi connectivity index (χ4n) is 10.2. The van der Waals surface area contributed by atoms with Crippen LogP contribution >= 0.6 is 0 Å². The Bertz CT molecular complexity index is 1770. The number of nitrogens with zero attached hydrogens (tertiary/aromatic N) is 9. The van der Waals surface area contributed by atoms with Gasteiger partial charge in [-0.1, -0.05) is 31.1 Å². The summed E-state index contributed by atoms with van der Waals surface area (Å²) in [6.07, 6.45) is 7.55. The van der Waals surface area contributed by atoms with Gasteiger partial charge in [0, 0.05) is 89.7 Å². The van der Waals surface area contributed by atoms with Gasteiger partial charge < -0.3 is 44.6 Å². The van der Waals surface area contributed by atoms with Gasteiger partial charge >= 0.3 is 0 Å². The van der Waals surface area contributed by atoms with E-state index in [1.165, 1.54) is 58.4 Å². The number of aromatic hydroxyl groups is 1. The number of benzene rings is 1. The molecule has 14 heteroatoms. The third-order valence-electron chi connectivity index (χ3n) is 13.6. The summed E-state index contributed by atoms with van der Waals surface area (Å²) in [5, 5.41) is 36.9. The molecule has 3 N–H and O–H groups in total. The highest BCUT2D eigenvalue weighted by molar-refractivity contribution is 5.84. The van der Waals surface area contributed by atoms with Crippen molar-refractivity contribution in [2.75, 3.05) is 107 Å². The van der Waals surface area contributed by atoms with E-state index in [0.29, 0.717) is 54.5 Å². The highest BCUT2D eigenvalue weighted by Gasteiger charge is 2.37. The van der Waals surface area contributed by atoms with E-state index in [2.05, 4.69) is 65.1 Å². The Kier molecular flexibility index (Phi) is 12.5. The largest absolute Gasteiger partial charge is 0.507 e. The van der Waals surface area contributed by atoms with Crippen molar-refractivity contribution >= 4 is 23.2 Å². The maximum Gasteiger partial charge on any atom is 0.233 e. The SMILES string of the molecule is CNc1nnc(-c2ccccc2O)cc1N1CCN(C2CCN(C3CCN(CC4CCN(c5cc(C(C(=O)N6CCC(O)C6)C(C)C)on5)CC4)CC3)CC2)CC1. The number of phenolic OH excluding ortho intramolecular Hbond substituents is 1. The molecule has 5 saturated heterocycles. The van der Waals surface area contributed by atoms with Crippen molar-refractivity contribution in [1.82, 2.24) is 35.0 Å². The molecule has 3 aromatic rings. The Morgan fingerprint density at radius 2 is 1.51 bits per heavy atom. The summed E-state index contributed by atoms with van der Waals surface area (Å²) in [5.41, 5.74) is 2.44. The number of hydrogen-bond acceptors (Lipinski definition) is 13. The molecule has 2 atom stereocenters. The second-order valence-electron chi connectivity index (χ2n) is 17.5. The third-order valence-corrected chi connectivity index (χ3v) is 13.6. The smallest absolute Gasteiger partial charge is 0.233 e.